The van der Waals surface area contributed by atoms with Crippen LogP contribution >= 0.6 is 0 Å². The monoisotopic (exact) mass is 257 g/mol. The SMILES string of the molecule is FC(F)(F)/C=C\c1ccccc1N1CCOCC1. The Labute approximate surface area is 104 Å². The Bertz CT molecular complexity index is 422. The van der Waals surface area contributed by atoms with E-state index in [4.69, 9.17) is 4.74 Å². The number of para-hydroxylation sites is 1. The summed E-state index contributed by atoms with van der Waals surface area (Å²) in [5.41, 5.74) is 1.40. The summed E-state index contributed by atoms with van der Waals surface area (Å²) in [7, 11) is 0. The van der Waals surface area contributed by atoms with Crippen LogP contribution in [0.1, 0.15) is 5.56 Å². The molecule has 0 amide bonds. The van der Waals surface area contributed by atoms with Crippen molar-refractivity contribution < 1.29 is 17.9 Å². The molecule has 0 atom stereocenters. The Balaban J connectivity index is 2.22. The van der Waals surface area contributed by atoms with Crippen LogP contribution in [0.3, 0.4) is 0 Å². The highest BCUT2D eigenvalue weighted by Crippen LogP contribution is 2.25. The van der Waals surface area contributed by atoms with Gasteiger partial charge in [0.1, 0.15) is 0 Å². The number of rotatable bonds is 2. The first-order valence-corrected chi connectivity index (χ1v) is 5.74. The van der Waals surface area contributed by atoms with E-state index in [-0.39, 0.29) is 6.08 Å². The van der Waals surface area contributed by atoms with Crippen LogP contribution in [0.25, 0.3) is 6.08 Å². The van der Waals surface area contributed by atoms with E-state index in [9.17, 15) is 13.2 Å². The number of benzene rings is 1. The van der Waals surface area contributed by atoms with Crippen LogP contribution in [0.2, 0.25) is 0 Å². The van der Waals surface area contributed by atoms with Crippen molar-refractivity contribution in [2.75, 3.05) is 31.2 Å². The molecule has 5 heteroatoms. The van der Waals surface area contributed by atoms with E-state index in [1.165, 1.54) is 0 Å². The van der Waals surface area contributed by atoms with Crippen LogP contribution in [0.5, 0.6) is 0 Å². The van der Waals surface area contributed by atoms with E-state index in [0.29, 0.717) is 31.9 Å². The van der Waals surface area contributed by atoms with Crippen LogP contribution in [-0.2, 0) is 4.74 Å². The molecule has 1 aromatic carbocycles. The molecule has 1 fully saturated rings. The summed E-state index contributed by atoms with van der Waals surface area (Å²) in [5, 5.41) is 0. The predicted octanol–water partition coefficient (Wildman–Crippen LogP) is 3.10. The van der Waals surface area contributed by atoms with Gasteiger partial charge in [-0.15, -0.1) is 0 Å². The highest BCUT2D eigenvalue weighted by molar-refractivity contribution is 5.68. The Kier molecular flexibility index (Phi) is 3.91. The van der Waals surface area contributed by atoms with Gasteiger partial charge >= 0.3 is 6.18 Å². The maximum Gasteiger partial charge on any atom is 0.409 e. The summed E-state index contributed by atoms with van der Waals surface area (Å²) in [6.07, 6.45) is -2.89. The molecule has 1 heterocycles. The molecule has 0 saturated carbocycles. The predicted molar refractivity (Wildman–Crippen MR) is 64.6 cm³/mol. The molecule has 0 radical (unpaired) electrons. The van der Waals surface area contributed by atoms with Crippen molar-refractivity contribution in [1.29, 1.82) is 0 Å². The number of hydrogen-bond donors (Lipinski definition) is 0. The average Bonchev–Trinajstić information content (AvgIpc) is 2.37. The fraction of sp³-hybridized carbons (Fsp3) is 0.385. The number of anilines is 1. The Morgan fingerprint density at radius 1 is 1.11 bits per heavy atom. The fourth-order valence-corrected chi connectivity index (χ4v) is 1.90. The molecular formula is C13H14F3NO. The highest BCUT2D eigenvalue weighted by atomic mass is 19.4. The van der Waals surface area contributed by atoms with Gasteiger partial charge in [0.15, 0.2) is 0 Å². The lowest BCUT2D eigenvalue weighted by Gasteiger charge is -2.30. The second-order valence-corrected chi connectivity index (χ2v) is 4.03. The van der Waals surface area contributed by atoms with Gasteiger partial charge in [0.05, 0.1) is 13.2 Å². The quantitative estimate of drug-likeness (QED) is 0.807. The van der Waals surface area contributed by atoms with Crippen molar-refractivity contribution in [2.45, 2.75) is 6.18 Å². The summed E-state index contributed by atoms with van der Waals surface area (Å²) < 4.78 is 41.8. The van der Waals surface area contributed by atoms with Crippen molar-refractivity contribution in [1.82, 2.24) is 0 Å². The lowest BCUT2D eigenvalue weighted by molar-refractivity contribution is -0.0790. The Morgan fingerprint density at radius 2 is 1.78 bits per heavy atom. The summed E-state index contributed by atoms with van der Waals surface area (Å²) in [4.78, 5) is 2.04. The van der Waals surface area contributed by atoms with Crippen molar-refractivity contribution in [3.8, 4) is 0 Å². The third-order valence-corrected chi connectivity index (χ3v) is 2.74. The molecule has 2 rings (SSSR count). The van der Waals surface area contributed by atoms with Gasteiger partial charge in [0, 0.05) is 24.9 Å². The van der Waals surface area contributed by atoms with Crippen LogP contribution in [0, 0.1) is 0 Å². The van der Waals surface area contributed by atoms with Crippen LogP contribution in [-0.4, -0.2) is 32.5 Å². The number of alkyl halides is 3. The van der Waals surface area contributed by atoms with Gasteiger partial charge < -0.3 is 9.64 Å². The van der Waals surface area contributed by atoms with E-state index in [1.807, 2.05) is 17.0 Å². The zero-order chi connectivity index (χ0) is 13.0. The summed E-state index contributed by atoms with van der Waals surface area (Å²) in [5.74, 6) is 0. The number of morpholine rings is 1. The molecule has 98 valence electrons. The molecule has 2 nitrogen and oxygen atoms in total. The van der Waals surface area contributed by atoms with Gasteiger partial charge in [-0.25, -0.2) is 0 Å². The largest absolute Gasteiger partial charge is 0.409 e. The molecule has 1 aliphatic rings. The van der Waals surface area contributed by atoms with E-state index in [0.717, 1.165) is 11.8 Å². The van der Waals surface area contributed by atoms with Crippen LogP contribution < -0.4 is 4.90 Å². The zero-order valence-corrected chi connectivity index (χ0v) is 9.78. The first kappa shape index (κ1) is 13.0. The molecule has 0 aliphatic carbocycles. The first-order chi connectivity index (χ1) is 8.56. The molecule has 1 aliphatic heterocycles. The van der Waals surface area contributed by atoms with E-state index < -0.39 is 6.18 Å². The van der Waals surface area contributed by atoms with Crippen molar-refractivity contribution in [3.05, 3.63) is 35.9 Å². The molecule has 18 heavy (non-hydrogen) atoms. The summed E-state index contributed by atoms with van der Waals surface area (Å²) in [6.45, 7) is 2.63. The van der Waals surface area contributed by atoms with Gasteiger partial charge in [-0.05, 0) is 17.7 Å². The topological polar surface area (TPSA) is 12.5 Å². The van der Waals surface area contributed by atoms with E-state index >= 15 is 0 Å². The maximum absolute atomic E-state index is 12.2. The first-order valence-electron chi connectivity index (χ1n) is 5.74. The number of allylic oxidation sites excluding steroid dienone is 1. The Hall–Kier alpha value is -1.49. The minimum atomic E-state index is -4.28. The average molecular weight is 257 g/mol. The number of hydrogen-bond acceptors (Lipinski definition) is 2. The van der Waals surface area contributed by atoms with Crippen LogP contribution in [0.15, 0.2) is 30.3 Å². The maximum atomic E-state index is 12.2. The number of halogens is 3. The van der Waals surface area contributed by atoms with Crippen molar-refractivity contribution >= 4 is 11.8 Å². The number of ether oxygens (including phenoxy) is 1. The molecular weight excluding hydrogens is 243 g/mol. The summed E-state index contributed by atoms with van der Waals surface area (Å²) in [6, 6.07) is 7.09. The Morgan fingerprint density at radius 3 is 2.44 bits per heavy atom. The molecule has 1 saturated heterocycles. The van der Waals surface area contributed by atoms with Gasteiger partial charge in [0.2, 0.25) is 0 Å². The third-order valence-electron chi connectivity index (χ3n) is 2.74. The summed E-state index contributed by atoms with van der Waals surface area (Å²) >= 11 is 0. The lowest BCUT2D eigenvalue weighted by Crippen LogP contribution is -2.36. The molecule has 0 aromatic heterocycles. The van der Waals surface area contributed by atoms with Gasteiger partial charge in [-0.2, -0.15) is 13.2 Å². The minimum absolute atomic E-state index is 0.270. The molecule has 0 bridgehead atoms. The van der Waals surface area contributed by atoms with Gasteiger partial charge in [0.25, 0.3) is 0 Å². The standard InChI is InChI=1S/C13H14F3NO/c14-13(15,16)6-5-11-3-1-2-4-12(11)17-7-9-18-10-8-17/h1-6H,7-10H2/b6-5-. The molecule has 0 N–H and O–H groups in total. The number of nitrogens with zero attached hydrogens (tertiary/aromatic N) is 1. The second kappa shape index (κ2) is 5.44. The normalized spacial score (nSPS) is 17.4. The minimum Gasteiger partial charge on any atom is -0.378 e. The fourth-order valence-electron chi connectivity index (χ4n) is 1.90. The molecule has 0 unspecified atom stereocenters. The third kappa shape index (κ3) is 3.50. The van der Waals surface area contributed by atoms with Crippen LogP contribution in [0.4, 0.5) is 18.9 Å². The second-order valence-electron chi connectivity index (χ2n) is 4.03. The molecule has 0 spiro atoms. The van der Waals surface area contributed by atoms with Crippen molar-refractivity contribution in [3.63, 3.8) is 0 Å². The smallest absolute Gasteiger partial charge is 0.378 e. The lowest BCUT2D eigenvalue weighted by atomic mass is 10.1. The zero-order valence-electron chi connectivity index (χ0n) is 9.78. The highest BCUT2D eigenvalue weighted by Gasteiger charge is 2.22. The van der Waals surface area contributed by atoms with Crippen molar-refractivity contribution in [2.24, 2.45) is 0 Å². The van der Waals surface area contributed by atoms with Gasteiger partial charge in [-0.3, -0.25) is 0 Å². The molecule has 1 aromatic rings. The van der Waals surface area contributed by atoms with Gasteiger partial charge in [-0.1, -0.05) is 18.2 Å². The van der Waals surface area contributed by atoms with E-state index in [1.54, 1.807) is 12.1 Å². The van der Waals surface area contributed by atoms with E-state index in [2.05, 4.69) is 0 Å².